The molecule has 0 aromatic heterocycles. The maximum atomic E-state index is 13.7. The number of nitrogens with zero attached hydrogens (tertiary/aromatic N) is 1. The monoisotopic (exact) mass is 464 g/mol. The maximum absolute atomic E-state index is 13.7. The van der Waals surface area contributed by atoms with Crippen molar-refractivity contribution in [3.63, 3.8) is 0 Å². The van der Waals surface area contributed by atoms with E-state index < -0.39 is 10.0 Å². The molecule has 1 fully saturated rings. The third-order valence-corrected chi connectivity index (χ3v) is 8.89. The van der Waals surface area contributed by atoms with Crippen LogP contribution in [0.1, 0.15) is 30.9 Å². The molecule has 1 N–H and O–H groups in total. The molecule has 1 atom stereocenters. The smallest absolute Gasteiger partial charge is 0.243 e. The van der Waals surface area contributed by atoms with Gasteiger partial charge in [0.25, 0.3) is 0 Å². The van der Waals surface area contributed by atoms with E-state index in [0.717, 1.165) is 22.6 Å². The molecule has 2 aromatic carbocycles. The highest BCUT2D eigenvalue weighted by Gasteiger charge is 2.33. The first-order valence-corrected chi connectivity index (χ1v) is 12.7. The van der Waals surface area contributed by atoms with Crippen molar-refractivity contribution in [3.05, 3.63) is 53.8 Å². The summed E-state index contributed by atoms with van der Waals surface area (Å²) < 4.78 is 46.0. The maximum Gasteiger partial charge on any atom is 0.243 e. The van der Waals surface area contributed by atoms with Gasteiger partial charge in [-0.15, -0.1) is 11.8 Å². The number of methoxy groups -OCH3 is 1. The van der Waals surface area contributed by atoms with E-state index in [1.165, 1.54) is 35.7 Å². The molecule has 2 heterocycles. The zero-order valence-electron chi connectivity index (χ0n) is 17.2. The normalized spacial score (nSPS) is 20.1. The number of hydrogen-bond donors (Lipinski definition) is 1. The molecule has 4 rings (SSSR count). The van der Waals surface area contributed by atoms with Gasteiger partial charge in [0, 0.05) is 29.7 Å². The molecule has 0 aliphatic carbocycles. The second-order valence-electron chi connectivity index (χ2n) is 7.73. The zero-order chi connectivity index (χ0) is 22.0. The predicted molar refractivity (Wildman–Crippen MR) is 117 cm³/mol. The first-order valence-electron chi connectivity index (χ1n) is 10.3. The van der Waals surface area contributed by atoms with Gasteiger partial charge >= 0.3 is 0 Å². The molecule has 0 saturated carbocycles. The second kappa shape index (κ2) is 9.18. The molecule has 6 nitrogen and oxygen atoms in total. The van der Waals surface area contributed by atoms with Crippen molar-refractivity contribution in [1.82, 2.24) is 9.62 Å². The average Bonchev–Trinajstić information content (AvgIpc) is 2.79. The highest BCUT2D eigenvalue weighted by molar-refractivity contribution is 7.99. The topological polar surface area (TPSA) is 75.7 Å². The third-order valence-electron chi connectivity index (χ3n) is 5.85. The van der Waals surface area contributed by atoms with Crippen molar-refractivity contribution in [1.29, 1.82) is 0 Å². The van der Waals surface area contributed by atoms with Crippen LogP contribution in [0.4, 0.5) is 4.39 Å². The van der Waals surface area contributed by atoms with Crippen molar-refractivity contribution in [2.24, 2.45) is 5.92 Å². The van der Waals surface area contributed by atoms with E-state index in [4.69, 9.17) is 4.74 Å². The molecule has 31 heavy (non-hydrogen) atoms. The molecule has 0 bridgehead atoms. The lowest BCUT2D eigenvalue weighted by Crippen LogP contribution is -2.44. The number of hydrogen-bond acceptors (Lipinski definition) is 5. The molecule has 9 heteroatoms. The SMILES string of the molecule is COc1ccc(S(=O)(=O)N2CCC(C(=O)N[C@@H]3CCSc4ccc(F)cc43)CC2)cc1. The predicted octanol–water partition coefficient (Wildman–Crippen LogP) is 3.59. The van der Waals surface area contributed by atoms with Crippen LogP contribution < -0.4 is 10.1 Å². The third kappa shape index (κ3) is 4.73. The lowest BCUT2D eigenvalue weighted by atomic mass is 9.95. The van der Waals surface area contributed by atoms with Crippen LogP contribution in [0, 0.1) is 11.7 Å². The Bertz CT molecular complexity index is 1050. The molecule has 1 amide bonds. The second-order valence-corrected chi connectivity index (χ2v) is 10.8. The van der Waals surface area contributed by atoms with Gasteiger partial charge in [-0.2, -0.15) is 4.31 Å². The molecule has 0 spiro atoms. The minimum atomic E-state index is -3.61. The van der Waals surface area contributed by atoms with Gasteiger partial charge in [0.2, 0.25) is 15.9 Å². The number of ether oxygens (including phenoxy) is 1. The van der Waals surface area contributed by atoms with Gasteiger partial charge in [-0.05, 0) is 67.3 Å². The molecular formula is C22H25FN2O4S2. The lowest BCUT2D eigenvalue weighted by molar-refractivity contribution is -0.126. The van der Waals surface area contributed by atoms with Crippen molar-refractivity contribution in [2.45, 2.75) is 35.1 Å². The number of halogens is 1. The van der Waals surface area contributed by atoms with Gasteiger partial charge < -0.3 is 10.1 Å². The number of sulfonamides is 1. The fourth-order valence-electron chi connectivity index (χ4n) is 4.06. The molecule has 2 aliphatic heterocycles. The van der Waals surface area contributed by atoms with E-state index in [0.29, 0.717) is 18.6 Å². The Labute approximate surface area is 186 Å². The van der Waals surface area contributed by atoms with E-state index in [1.807, 2.05) is 0 Å². The number of benzene rings is 2. The van der Waals surface area contributed by atoms with Crippen molar-refractivity contribution in [3.8, 4) is 5.75 Å². The van der Waals surface area contributed by atoms with Crippen LogP contribution in [0.2, 0.25) is 0 Å². The molecule has 0 radical (unpaired) electrons. The van der Waals surface area contributed by atoms with E-state index in [1.54, 1.807) is 30.0 Å². The van der Waals surface area contributed by atoms with Crippen molar-refractivity contribution >= 4 is 27.7 Å². The summed E-state index contributed by atoms with van der Waals surface area (Å²) >= 11 is 1.67. The summed E-state index contributed by atoms with van der Waals surface area (Å²) in [5.41, 5.74) is 0.823. The van der Waals surface area contributed by atoms with E-state index >= 15 is 0 Å². The fraction of sp³-hybridized carbons (Fsp3) is 0.409. The van der Waals surface area contributed by atoms with Gasteiger partial charge in [0.05, 0.1) is 18.0 Å². The summed E-state index contributed by atoms with van der Waals surface area (Å²) in [5, 5.41) is 3.07. The number of fused-ring (bicyclic) bond motifs is 1. The standard InChI is InChI=1S/C22H25FN2O4S2/c1-29-17-3-5-18(6-4-17)31(27,28)25-11-8-15(9-12-25)22(26)24-20-10-13-30-21-7-2-16(23)14-19(20)21/h2-7,14-15,20H,8-13H2,1H3,(H,24,26)/t20-/m1/s1. The Balaban J connectivity index is 1.38. The minimum absolute atomic E-state index is 0.0893. The van der Waals surface area contributed by atoms with Crippen molar-refractivity contribution in [2.75, 3.05) is 26.0 Å². The number of amides is 1. The van der Waals surface area contributed by atoms with E-state index in [9.17, 15) is 17.6 Å². The van der Waals surface area contributed by atoms with Gasteiger partial charge in [0.15, 0.2) is 0 Å². The van der Waals surface area contributed by atoms with Crippen LogP contribution in [0.15, 0.2) is 52.3 Å². The Morgan fingerprint density at radius 3 is 2.52 bits per heavy atom. The van der Waals surface area contributed by atoms with Crippen LogP contribution in [0.3, 0.4) is 0 Å². The molecule has 166 valence electrons. The summed E-state index contributed by atoms with van der Waals surface area (Å²) in [6.07, 6.45) is 1.66. The van der Waals surface area contributed by atoms with Crippen molar-refractivity contribution < 1.29 is 22.3 Å². The Morgan fingerprint density at radius 1 is 1.13 bits per heavy atom. The fourth-order valence-corrected chi connectivity index (χ4v) is 6.64. The Kier molecular flexibility index (Phi) is 6.55. The molecule has 1 saturated heterocycles. The number of carbonyl (C=O) groups is 1. The zero-order valence-corrected chi connectivity index (χ0v) is 18.8. The lowest BCUT2D eigenvalue weighted by Gasteiger charge is -2.32. The van der Waals surface area contributed by atoms with Crippen LogP contribution in [0.25, 0.3) is 0 Å². The van der Waals surface area contributed by atoms with Gasteiger partial charge in [0.1, 0.15) is 11.6 Å². The summed E-state index contributed by atoms with van der Waals surface area (Å²) in [5.74, 6) is 0.805. The van der Waals surface area contributed by atoms with Crippen LogP contribution in [0.5, 0.6) is 5.75 Å². The summed E-state index contributed by atoms with van der Waals surface area (Å²) in [6.45, 7) is 0.580. The van der Waals surface area contributed by atoms with Crippen LogP contribution >= 0.6 is 11.8 Å². The molecule has 2 aliphatic rings. The Morgan fingerprint density at radius 2 is 1.84 bits per heavy atom. The van der Waals surface area contributed by atoms with Gasteiger partial charge in [-0.3, -0.25) is 4.79 Å². The summed E-state index contributed by atoms with van der Waals surface area (Å²) in [7, 11) is -2.08. The number of carbonyl (C=O) groups excluding carboxylic acids is 1. The molecule has 0 unspecified atom stereocenters. The van der Waals surface area contributed by atoms with Gasteiger partial charge in [-0.1, -0.05) is 0 Å². The van der Waals surface area contributed by atoms with Crippen LogP contribution in [-0.4, -0.2) is 44.6 Å². The highest BCUT2D eigenvalue weighted by Crippen LogP contribution is 2.37. The quantitative estimate of drug-likeness (QED) is 0.732. The Hall–Kier alpha value is -2.10. The first-order chi connectivity index (χ1) is 14.9. The first kappa shape index (κ1) is 22.1. The van der Waals surface area contributed by atoms with E-state index in [-0.39, 0.29) is 41.7 Å². The van der Waals surface area contributed by atoms with E-state index in [2.05, 4.69) is 5.32 Å². The summed E-state index contributed by atoms with van der Waals surface area (Å²) in [4.78, 5) is 14.1. The summed E-state index contributed by atoms with van der Waals surface area (Å²) in [6, 6.07) is 10.8. The highest BCUT2D eigenvalue weighted by atomic mass is 32.2. The van der Waals surface area contributed by atoms with Gasteiger partial charge in [-0.25, -0.2) is 12.8 Å². The largest absolute Gasteiger partial charge is 0.497 e. The molecular weight excluding hydrogens is 439 g/mol. The number of nitrogens with one attached hydrogen (secondary N) is 1. The minimum Gasteiger partial charge on any atom is -0.497 e. The van der Waals surface area contributed by atoms with Crippen LogP contribution in [-0.2, 0) is 14.8 Å². The molecule has 2 aromatic rings. The number of rotatable bonds is 5. The average molecular weight is 465 g/mol. The number of piperidine rings is 1. The number of thioether (sulfide) groups is 1.